The SMILES string of the molecule is CC1(C)C2CC3OB(CNC(=O)C4CC(c5ccccc5OC(F)(F)F)=NO4)OC3C1C2. The number of halogens is 3. The van der Waals surface area contributed by atoms with Gasteiger partial charge < -0.3 is 24.2 Å². The smallest absolute Gasteiger partial charge is 0.405 e. The number of ether oxygens (including phenoxy) is 1. The number of amides is 1. The average molecular weight is 452 g/mol. The summed E-state index contributed by atoms with van der Waals surface area (Å²) in [5.74, 6) is 0.308. The molecule has 5 atom stereocenters. The van der Waals surface area contributed by atoms with E-state index in [0.717, 1.165) is 12.8 Å². The molecule has 1 amide bonds. The minimum absolute atomic E-state index is 0.0274. The van der Waals surface area contributed by atoms with Crippen molar-refractivity contribution in [2.24, 2.45) is 22.4 Å². The fraction of sp³-hybridized carbons (Fsp3) is 0.619. The van der Waals surface area contributed by atoms with E-state index < -0.39 is 25.5 Å². The number of hydrogen-bond acceptors (Lipinski definition) is 6. The number of hydrogen-bond donors (Lipinski definition) is 1. The largest absolute Gasteiger partial charge is 0.573 e. The lowest BCUT2D eigenvalue weighted by Gasteiger charge is -2.60. The van der Waals surface area contributed by atoms with E-state index in [1.165, 1.54) is 18.2 Å². The molecule has 2 aliphatic heterocycles. The van der Waals surface area contributed by atoms with E-state index in [9.17, 15) is 18.0 Å². The van der Waals surface area contributed by atoms with Crippen LogP contribution in [-0.2, 0) is 18.9 Å². The van der Waals surface area contributed by atoms with Gasteiger partial charge in [-0.2, -0.15) is 0 Å². The summed E-state index contributed by atoms with van der Waals surface area (Å²) in [5.41, 5.74) is 0.611. The summed E-state index contributed by atoms with van der Waals surface area (Å²) in [6.45, 7) is 4.54. The molecule has 6 rings (SSSR count). The van der Waals surface area contributed by atoms with Crippen molar-refractivity contribution in [2.75, 3.05) is 6.44 Å². The van der Waals surface area contributed by atoms with Crippen LogP contribution in [0.2, 0.25) is 0 Å². The lowest BCUT2D eigenvalue weighted by molar-refractivity contribution is -0.274. The molecule has 0 spiro atoms. The van der Waals surface area contributed by atoms with Crippen LogP contribution in [0, 0.1) is 17.3 Å². The third-order valence-electron chi connectivity index (χ3n) is 7.29. The van der Waals surface area contributed by atoms with E-state index in [1.807, 2.05) is 0 Å². The van der Waals surface area contributed by atoms with Crippen LogP contribution in [0.15, 0.2) is 29.4 Å². The highest BCUT2D eigenvalue weighted by Crippen LogP contribution is 2.61. The Morgan fingerprint density at radius 3 is 2.81 bits per heavy atom. The maximum Gasteiger partial charge on any atom is 0.573 e. The van der Waals surface area contributed by atoms with Crippen LogP contribution >= 0.6 is 0 Å². The van der Waals surface area contributed by atoms with E-state index in [-0.39, 0.29) is 47.5 Å². The molecule has 1 aromatic rings. The van der Waals surface area contributed by atoms with E-state index in [1.54, 1.807) is 6.07 Å². The van der Waals surface area contributed by atoms with Gasteiger partial charge in [0.2, 0.25) is 6.10 Å². The van der Waals surface area contributed by atoms with Crippen molar-refractivity contribution < 1.29 is 36.8 Å². The van der Waals surface area contributed by atoms with Gasteiger partial charge in [-0.15, -0.1) is 13.2 Å². The lowest BCUT2D eigenvalue weighted by Crippen LogP contribution is -2.59. The van der Waals surface area contributed by atoms with Crippen LogP contribution in [0.1, 0.15) is 38.7 Å². The summed E-state index contributed by atoms with van der Waals surface area (Å²) in [4.78, 5) is 17.7. The van der Waals surface area contributed by atoms with Gasteiger partial charge in [0, 0.05) is 12.0 Å². The topological polar surface area (TPSA) is 78.4 Å². The second kappa shape index (κ2) is 7.66. The van der Waals surface area contributed by atoms with Gasteiger partial charge in [0.1, 0.15) is 5.75 Å². The predicted octanol–water partition coefficient (Wildman–Crippen LogP) is 3.07. The predicted molar refractivity (Wildman–Crippen MR) is 108 cm³/mol. The average Bonchev–Trinajstić information content (AvgIpc) is 3.37. The molecule has 7 nitrogen and oxygen atoms in total. The van der Waals surface area contributed by atoms with Crippen molar-refractivity contribution in [1.29, 1.82) is 0 Å². The molecule has 32 heavy (non-hydrogen) atoms. The fourth-order valence-corrected chi connectivity index (χ4v) is 5.39. The van der Waals surface area contributed by atoms with Crippen LogP contribution < -0.4 is 10.1 Å². The highest BCUT2D eigenvalue weighted by atomic mass is 19.4. The zero-order valence-electron chi connectivity index (χ0n) is 17.7. The van der Waals surface area contributed by atoms with Crippen molar-refractivity contribution >= 4 is 18.7 Å². The fourth-order valence-electron chi connectivity index (χ4n) is 5.39. The normalized spacial score (nSPS) is 32.5. The summed E-state index contributed by atoms with van der Waals surface area (Å²) in [5, 5.41) is 6.57. The summed E-state index contributed by atoms with van der Waals surface area (Å²) in [6, 6.07) is 5.63. The van der Waals surface area contributed by atoms with Crippen molar-refractivity contribution in [3.8, 4) is 5.75 Å². The number of para-hydroxylation sites is 1. The second-order valence-electron chi connectivity index (χ2n) is 9.43. The van der Waals surface area contributed by atoms with Crippen LogP contribution in [0.4, 0.5) is 13.2 Å². The van der Waals surface area contributed by atoms with Gasteiger partial charge in [0.15, 0.2) is 0 Å². The number of carbonyl (C=O) groups is 1. The number of oxime groups is 1. The van der Waals surface area contributed by atoms with Crippen LogP contribution in [0.3, 0.4) is 0 Å². The molecule has 5 unspecified atom stereocenters. The Kier molecular flexibility index (Phi) is 5.16. The van der Waals surface area contributed by atoms with Gasteiger partial charge in [-0.1, -0.05) is 31.1 Å². The number of rotatable bonds is 5. The third kappa shape index (κ3) is 3.85. The molecule has 1 N–H and O–H groups in total. The quantitative estimate of drug-likeness (QED) is 0.695. The number of alkyl halides is 3. The molecule has 172 valence electrons. The molecule has 3 saturated carbocycles. The molecule has 0 aromatic heterocycles. The summed E-state index contributed by atoms with van der Waals surface area (Å²) < 4.78 is 54.1. The Morgan fingerprint density at radius 1 is 1.28 bits per heavy atom. The van der Waals surface area contributed by atoms with Crippen molar-refractivity contribution in [3.05, 3.63) is 29.8 Å². The van der Waals surface area contributed by atoms with Crippen LogP contribution in [0.5, 0.6) is 5.75 Å². The summed E-state index contributed by atoms with van der Waals surface area (Å²) in [6.07, 6.45) is -3.32. The van der Waals surface area contributed by atoms with Gasteiger partial charge in [0.05, 0.1) is 24.4 Å². The Hall–Kier alpha value is -2.27. The molecule has 0 radical (unpaired) electrons. The second-order valence-corrected chi connectivity index (χ2v) is 9.43. The van der Waals surface area contributed by atoms with E-state index >= 15 is 0 Å². The first kappa shape index (κ1) is 21.6. The maximum absolute atomic E-state index is 12.7. The minimum Gasteiger partial charge on any atom is -0.405 e. The Bertz CT molecular complexity index is 940. The molecule has 3 aliphatic carbocycles. The highest BCUT2D eigenvalue weighted by Gasteiger charge is 2.61. The van der Waals surface area contributed by atoms with Crippen LogP contribution in [0.25, 0.3) is 0 Å². The Morgan fingerprint density at radius 2 is 2.06 bits per heavy atom. The summed E-state index contributed by atoms with van der Waals surface area (Å²) in [7, 11) is -0.521. The molecule has 4 fully saturated rings. The third-order valence-corrected chi connectivity index (χ3v) is 7.29. The molecule has 11 heteroatoms. The molecule has 2 bridgehead atoms. The highest BCUT2D eigenvalue weighted by molar-refractivity contribution is 6.45. The van der Waals surface area contributed by atoms with Crippen molar-refractivity contribution in [1.82, 2.24) is 5.32 Å². The minimum atomic E-state index is -4.83. The van der Waals surface area contributed by atoms with Gasteiger partial charge in [-0.05, 0) is 42.2 Å². The molecule has 1 saturated heterocycles. The zero-order valence-corrected chi connectivity index (χ0v) is 17.7. The van der Waals surface area contributed by atoms with Gasteiger partial charge in [0.25, 0.3) is 5.91 Å². The van der Waals surface area contributed by atoms with Gasteiger partial charge >= 0.3 is 13.5 Å². The maximum atomic E-state index is 12.7. The standard InChI is InChI=1S/C21H24BF3N2O5/c1-20(2)11-7-13(20)18-16(8-11)30-22(31-18)10-26-19(28)17-9-14(27-32-17)12-5-3-4-6-15(12)29-21(23,24)25/h3-6,11,13,16-18H,7-10H2,1-2H3,(H,26,28). The van der Waals surface area contributed by atoms with Crippen molar-refractivity contribution in [2.45, 2.75) is 57.8 Å². The Balaban J connectivity index is 1.14. The van der Waals surface area contributed by atoms with E-state index in [2.05, 4.69) is 29.1 Å². The number of nitrogens with zero attached hydrogens (tertiary/aromatic N) is 1. The summed E-state index contributed by atoms with van der Waals surface area (Å²) >= 11 is 0. The van der Waals surface area contributed by atoms with Gasteiger partial charge in [-0.3, -0.25) is 4.79 Å². The number of carbonyl (C=O) groups excluding carboxylic acids is 1. The lowest BCUT2D eigenvalue weighted by atomic mass is 9.47. The van der Waals surface area contributed by atoms with Gasteiger partial charge in [-0.25, -0.2) is 0 Å². The molecular formula is C21H24BF3N2O5. The zero-order chi connectivity index (χ0) is 22.7. The molecule has 1 aromatic carbocycles. The first-order chi connectivity index (χ1) is 15.1. The number of benzene rings is 1. The van der Waals surface area contributed by atoms with Crippen LogP contribution in [-0.4, -0.2) is 49.9 Å². The number of nitrogens with one attached hydrogen (secondary N) is 1. The van der Waals surface area contributed by atoms with Crippen molar-refractivity contribution in [3.63, 3.8) is 0 Å². The monoisotopic (exact) mass is 452 g/mol. The Labute approximate surface area is 183 Å². The van der Waals surface area contributed by atoms with E-state index in [4.69, 9.17) is 14.1 Å². The molecule has 5 aliphatic rings. The first-order valence-electron chi connectivity index (χ1n) is 10.8. The molecule has 2 heterocycles. The molecular weight excluding hydrogens is 428 g/mol. The first-order valence-corrected chi connectivity index (χ1v) is 10.8. The van der Waals surface area contributed by atoms with E-state index in [0.29, 0.717) is 11.8 Å².